The van der Waals surface area contributed by atoms with Crippen LogP contribution in [0, 0.1) is 13.8 Å². The largest absolute Gasteiger partial charge is 0.345 e. The van der Waals surface area contributed by atoms with E-state index in [0.29, 0.717) is 10.0 Å². The monoisotopic (exact) mass is 422 g/mol. The Hall–Kier alpha value is -2.08. The number of rotatable bonds is 7. The summed E-state index contributed by atoms with van der Waals surface area (Å²) in [6.45, 7) is 6.13. The van der Waals surface area contributed by atoms with Gasteiger partial charge in [0.15, 0.2) is 13.1 Å². The fourth-order valence-electron chi connectivity index (χ4n) is 3.03. The van der Waals surface area contributed by atoms with Gasteiger partial charge < -0.3 is 15.5 Å². The highest BCUT2D eigenvalue weighted by Gasteiger charge is 2.18. The molecule has 0 radical (unpaired) electrons. The van der Waals surface area contributed by atoms with Crippen molar-refractivity contribution >= 4 is 40.7 Å². The second-order valence-electron chi connectivity index (χ2n) is 7.08. The zero-order valence-corrected chi connectivity index (χ0v) is 18.0. The summed E-state index contributed by atoms with van der Waals surface area (Å²) in [5, 5.41) is 6.91. The number of carbonyl (C=O) groups is 2. The Morgan fingerprint density at radius 3 is 2.25 bits per heavy atom. The van der Waals surface area contributed by atoms with Crippen LogP contribution in [0.3, 0.4) is 0 Å². The zero-order chi connectivity index (χ0) is 20.8. The predicted octanol–water partition coefficient (Wildman–Crippen LogP) is 2.94. The average Bonchev–Trinajstić information content (AvgIpc) is 2.57. The van der Waals surface area contributed by atoms with Crippen molar-refractivity contribution in [2.75, 3.05) is 25.5 Å². The molecule has 0 saturated carbocycles. The Bertz CT molecular complexity index is 850. The van der Waals surface area contributed by atoms with Gasteiger partial charge in [-0.15, -0.1) is 0 Å². The van der Waals surface area contributed by atoms with Crippen LogP contribution in [0.5, 0.6) is 0 Å². The number of nitrogens with one attached hydrogen (secondary N) is 3. The van der Waals surface area contributed by atoms with Crippen molar-refractivity contribution in [3.8, 4) is 0 Å². The number of hydrogen-bond acceptors (Lipinski definition) is 2. The molecule has 0 aromatic heterocycles. The van der Waals surface area contributed by atoms with Gasteiger partial charge in [0.1, 0.15) is 0 Å². The maximum atomic E-state index is 12.3. The molecular weight excluding hydrogens is 397 g/mol. The number of hydrogen-bond donors (Lipinski definition) is 3. The van der Waals surface area contributed by atoms with Gasteiger partial charge in [0, 0.05) is 15.7 Å². The van der Waals surface area contributed by atoms with Crippen molar-refractivity contribution < 1.29 is 14.5 Å². The van der Waals surface area contributed by atoms with Gasteiger partial charge >= 0.3 is 0 Å². The molecule has 150 valence electrons. The number of aryl methyl sites for hydroxylation is 2. The quantitative estimate of drug-likeness (QED) is 0.642. The van der Waals surface area contributed by atoms with Gasteiger partial charge in [-0.05, 0) is 49.6 Å². The molecule has 0 aliphatic rings. The summed E-state index contributed by atoms with van der Waals surface area (Å²) in [5.41, 5.74) is 3.65. The van der Waals surface area contributed by atoms with Gasteiger partial charge in [0.05, 0.1) is 13.1 Å². The van der Waals surface area contributed by atoms with Gasteiger partial charge in [0.2, 0.25) is 0 Å². The van der Waals surface area contributed by atoms with E-state index in [9.17, 15) is 9.59 Å². The zero-order valence-electron chi connectivity index (χ0n) is 16.5. The lowest BCUT2D eigenvalue weighted by molar-refractivity contribution is -0.862. The van der Waals surface area contributed by atoms with Crippen molar-refractivity contribution in [3.05, 3.63) is 63.1 Å². The molecule has 2 aromatic carbocycles. The maximum Gasteiger partial charge on any atom is 0.279 e. The lowest BCUT2D eigenvalue weighted by Gasteiger charge is -2.18. The molecule has 0 aliphatic heterocycles. The number of carbonyl (C=O) groups excluding carboxylic acids is 2. The molecule has 2 rings (SSSR count). The minimum atomic E-state index is -0.256. The fraction of sp³-hybridized carbons (Fsp3) is 0.333. The highest BCUT2D eigenvalue weighted by molar-refractivity contribution is 6.35. The van der Waals surface area contributed by atoms with Crippen LogP contribution in [-0.4, -0.2) is 32.0 Å². The molecule has 0 fully saturated rings. The Morgan fingerprint density at radius 1 is 1.04 bits per heavy atom. The number of quaternary nitrogens is 1. The van der Waals surface area contributed by atoms with E-state index in [4.69, 9.17) is 23.2 Å². The molecule has 0 bridgehead atoms. The number of likely N-dealkylation sites (N-methyl/N-ethyl adjacent to an activating group) is 1. The standard InChI is InChI=1S/C21H25Cl2N3O2/c1-13-6-5-7-14(2)21(13)25-20(28)12-26(4)11-19(27)24-15(3)17-9-8-16(22)10-18(17)23/h5-10,15H,11-12H2,1-4H3,(H,24,27)(H,25,28)/p+1/t15-/m1/s1. The first-order valence-corrected chi connectivity index (χ1v) is 9.84. The summed E-state index contributed by atoms with van der Waals surface area (Å²) >= 11 is 12.1. The summed E-state index contributed by atoms with van der Waals surface area (Å²) in [5.74, 6) is -0.285. The molecule has 0 heterocycles. The Balaban J connectivity index is 1.87. The first-order valence-electron chi connectivity index (χ1n) is 9.09. The van der Waals surface area contributed by atoms with Crippen LogP contribution >= 0.6 is 23.2 Å². The van der Waals surface area contributed by atoms with Crippen molar-refractivity contribution in [2.24, 2.45) is 0 Å². The Labute approximate surface area is 176 Å². The average molecular weight is 423 g/mol. The third kappa shape index (κ3) is 6.23. The number of anilines is 1. The molecule has 2 aromatic rings. The molecule has 0 saturated heterocycles. The molecule has 3 N–H and O–H groups in total. The lowest BCUT2D eigenvalue weighted by Crippen LogP contribution is -3.11. The second-order valence-corrected chi connectivity index (χ2v) is 7.92. The minimum absolute atomic E-state index is 0.128. The maximum absolute atomic E-state index is 12.3. The summed E-state index contributed by atoms with van der Waals surface area (Å²) in [4.78, 5) is 25.5. The molecule has 28 heavy (non-hydrogen) atoms. The summed E-state index contributed by atoms with van der Waals surface area (Å²) in [6.07, 6.45) is 0. The molecule has 2 atom stereocenters. The molecule has 5 nitrogen and oxygen atoms in total. The van der Waals surface area contributed by atoms with Gasteiger partial charge in [-0.1, -0.05) is 47.5 Å². The van der Waals surface area contributed by atoms with Crippen LogP contribution in [0.1, 0.15) is 29.7 Å². The normalized spacial score (nSPS) is 12.9. The minimum Gasteiger partial charge on any atom is -0.345 e. The predicted molar refractivity (Wildman–Crippen MR) is 114 cm³/mol. The summed E-state index contributed by atoms with van der Waals surface area (Å²) in [6, 6.07) is 10.8. The van der Waals surface area contributed by atoms with E-state index in [1.807, 2.05) is 46.0 Å². The van der Waals surface area contributed by atoms with E-state index < -0.39 is 0 Å². The van der Waals surface area contributed by atoms with E-state index in [1.54, 1.807) is 18.2 Å². The van der Waals surface area contributed by atoms with Crippen molar-refractivity contribution in [3.63, 3.8) is 0 Å². The van der Waals surface area contributed by atoms with E-state index in [2.05, 4.69) is 10.6 Å². The first kappa shape index (κ1) is 22.2. The van der Waals surface area contributed by atoms with Crippen LogP contribution in [0.15, 0.2) is 36.4 Å². The highest BCUT2D eigenvalue weighted by Crippen LogP contribution is 2.25. The molecule has 0 spiro atoms. The van der Waals surface area contributed by atoms with Gasteiger partial charge in [0.25, 0.3) is 11.8 Å². The molecular formula is C21H26Cl2N3O2+. The van der Waals surface area contributed by atoms with E-state index >= 15 is 0 Å². The first-order chi connectivity index (χ1) is 13.2. The van der Waals surface area contributed by atoms with Crippen LogP contribution in [-0.2, 0) is 9.59 Å². The summed E-state index contributed by atoms with van der Waals surface area (Å²) in [7, 11) is 1.81. The Kier molecular flexibility index (Phi) is 7.87. The number of halogens is 2. The topological polar surface area (TPSA) is 62.6 Å². The Morgan fingerprint density at radius 2 is 1.64 bits per heavy atom. The van der Waals surface area contributed by atoms with Crippen molar-refractivity contribution in [1.29, 1.82) is 0 Å². The third-order valence-electron chi connectivity index (χ3n) is 4.48. The number of benzene rings is 2. The third-order valence-corrected chi connectivity index (χ3v) is 5.04. The molecule has 2 amide bonds. The summed E-state index contributed by atoms with van der Waals surface area (Å²) < 4.78 is 0. The van der Waals surface area contributed by atoms with Crippen LogP contribution in [0.4, 0.5) is 5.69 Å². The van der Waals surface area contributed by atoms with E-state index in [-0.39, 0.29) is 30.9 Å². The molecule has 0 aliphatic carbocycles. The lowest BCUT2D eigenvalue weighted by atomic mass is 10.1. The van der Waals surface area contributed by atoms with Gasteiger partial charge in [-0.25, -0.2) is 0 Å². The SMILES string of the molecule is Cc1cccc(C)c1NC(=O)C[NH+](C)CC(=O)N[C@H](C)c1ccc(Cl)cc1Cl. The number of amides is 2. The smallest absolute Gasteiger partial charge is 0.279 e. The van der Waals surface area contributed by atoms with E-state index in [1.165, 1.54) is 0 Å². The van der Waals surface area contributed by atoms with Crippen molar-refractivity contribution in [1.82, 2.24) is 5.32 Å². The van der Waals surface area contributed by atoms with Gasteiger partial charge in [-0.2, -0.15) is 0 Å². The fourth-order valence-corrected chi connectivity index (χ4v) is 3.60. The van der Waals surface area contributed by atoms with E-state index in [0.717, 1.165) is 27.3 Å². The van der Waals surface area contributed by atoms with Crippen LogP contribution < -0.4 is 15.5 Å². The van der Waals surface area contributed by atoms with Crippen molar-refractivity contribution in [2.45, 2.75) is 26.8 Å². The highest BCUT2D eigenvalue weighted by atomic mass is 35.5. The van der Waals surface area contributed by atoms with Crippen LogP contribution in [0.2, 0.25) is 10.0 Å². The van der Waals surface area contributed by atoms with Crippen LogP contribution in [0.25, 0.3) is 0 Å². The van der Waals surface area contributed by atoms with Gasteiger partial charge in [-0.3, -0.25) is 9.59 Å². The molecule has 1 unspecified atom stereocenters. The number of para-hydroxylation sites is 1. The second kappa shape index (κ2) is 9.92. The molecule has 7 heteroatoms.